The fourth-order valence-electron chi connectivity index (χ4n) is 5.48. The summed E-state index contributed by atoms with van der Waals surface area (Å²) in [7, 11) is -0.410. The molecule has 15 heteroatoms. The molecule has 2 aliphatic rings. The molecule has 2 amide bonds. The van der Waals surface area contributed by atoms with Crippen LogP contribution in [0.25, 0.3) is 0 Å². The Kier molecular flexibility index (Phi) is 9.26. The van der Waals surface area contributed by atoms with Gasteiger partial charge in [-0.3, -0.25) is 14.7 Å². The maximum Gasteiger partial charge on any atom is 0.258 e. The SMILES string of the molecule is CN(C)CCNc1ccc(C(=O)Nc2n[nH]c3c2CN(S(=O)(=O)c2cc(F)cc(F)c2)CC3(C)C)c(NC(=O)[C@@H]2CCCO2)c1. The van der Waals surface area contributed by atoms with E-state index in [0.717, 1.165) is 29.4 Å². The van der Waals surface area contributed by atoms with Crippen molar-refractivity contribution in [3.8, 4) is 0 Å². The second-order valence-corrected chi connectivity index (χ2v) is 14.1. The summed E-state index contributed by atoms with van der Waals surface area (Å²) in [5, 5.41) is 16.1. The molecule has 5 rings (SSSR count). The molecule has 2 aliphatic heterocycles. The minimum atomic E-state index is -4.31. The predicted molar refractivity (Wildman–Crippen MR) is 165 cm³/mol. The number of H-pyrrole nitrogens is 1. The summed E-state index contributed by atoms with van der Waals surface area (Å²) in [6.45, 7) is 5.27. The highest BCUT2D eigenvalue weighted by Crippen LogP contribution is 2.38. The van der Waals surface area contributed by atoms with E-state index < -0.39 is 44.0 Å². The highest BCUT2D eigenvalue weighted by molar-refractivity contribution is 7.89. The van der Waals surface area contributed by atoms with Gasteiger partial charge in [-0.15, -0.1) is 0 Å². The molecule has 3 heterocycles. The number of carbonyl (C=O) groups excluding carboxylic acids is 2. The maximum atomic E-state index is 13.9. The van der Waals surface area contributed by atoms with Gasteiger partial charge in [-0.1, -0.05) is 13.8 Å². The van der Waals surface area contributed by atoms with E-state index in [1.807, 2.05) is 19.0 Å². The fraction of sp³-hybridized carbons (Fsp3) is 0.433. The zero-order chi connectivity index (χ0) is 32.5. The van der Waals surface area contributed by atoms with Crippen molar-refractivity contribution >= 4 is 39.0 Å². The Labute approximate surface area is 260 Å². The van der Waals surface area contributed by atoms with Gasteiger partial charge in [0.2, 0.25) is 10.0 Å². The molecular weight excluding hydrogens is 608 g/mol. The van der Waals surface area contributed by atoms with Crippen LogP contribution >= 0.6 is 0 Å². The van der Waals surface area contributed by atoms with Crippen molar-refractivity contribution in [3.05, 3.63) is 64.9 Å². The lowest BCUT2D eigenvalue weighted by atomic mass is 9.84. The minimum absolute atomic E-state index is 0.00223. The number of halogens is 2. The predicted octanol–water partition coefficient (Wildman–Crippen LogP) is 3.51. The summed E-state index contributed by atoms with van der Waals surface area (Å²) >= 11 is 0. The Morgan fingerprint density at radius 1 is 1.13 bits per heavy atom. The molecule has 0 radical (unpaired) electrons. The average Bonchev–Trinajstić information content (AvgIpc) is 3.63. The van der Waals surface area contributed by atoms with Gasteiger partial charge in [0.25, 0.3) is 11.8 Å². The molecule has 1 saturated heterocycles. The van der Waals surface area contributed by atoms with E-state index >= 15 is 0 Å². The van der Waals surface area contributed by atoms with Crippen LogP contribution in [0.5, 0.6) is 0 Å². The number of aromatic amines is 1. The largest absolute Gasteiger partial charge is 0.384 e. The van der Waals surface area contributed by atoms with Crippen molar-refractivity contribution < 1.29 is 31.5 Å². The van der Waals surface area contributed by atoms with Crippen LogP contribution < -0.4 is 16.0 Å². The summed E-state index contributed by atoms with van der Waals surface area (Å²) < 4.78 is 61.4. The lowest BCUT2D eigenvalue weighted by Crippen LogP contribution is -2.45. The number of sulfonamides is 1. The lowest BCUT2D eigenvalue weighted by Gasteiger charge is -2.36. The topological polar surface area (TPSA) is 149 Å². The third kappa shape index (κ3) is 7.16. The number of ether oxygens (including phenoxy) is 1. The van der Waals surface area contributed by atoms with Crippen LogP contribution in [0.2, 0.25) is 0 Å². The van der Waals surface area contributed by atoms with E-state index in [1.54, 1.807) is 32.0 Å². The quantitative estimate of drug-likeness (QED) is 0.262. The third-order valence-electron chi connectivity index (χ3n) is 7.79. The number of hydrogen-bond acceptors (Lipinski definition) is 8. The van der Waals surface area contributed by atoms with Gasteiger partial charge in [-0.05, 0) is 57.3 Å². The van der Waals surface area contributed by atoms with Crippen LogP contribution in [0.3, 0.4) is 0 Å². The molecule has 12 nitrogen and oxygen atoms in total. The summed E-state index contributed by atoms with van der Waals surface area (Å²) in [6, 6.07) is 7.12. The number of likely N-dealkylation sites (N-methyl/N-ethyl adjacent to an activating group) is 1. The molecule has 0 unspecified atom stereocenters. The first-order valence-electron chi connectivity index (χ1n) is 14.5. The molecule has 2 aromatic carbocycles. The number of amides is 2. The molecule has 0 bridgehead atoms. The molecule has 45 heavy (non-hydrogen) atoms. The smallest absolute Gasteiger partial charge is 0.258 e. The molecule has 0 aliphatic carbocycles. The van der Waals surface area contributed by atoms with Gasteiger partial charge < -0.3 is 25.6 Å². The number of anilines is 3. The van der Waals surface area contributed by atoms with Gasteiger partial charge in [0.1, 0.15) is 17.7 Å². The van der Waals surface area contributed by atoms with Crippen molar-refractivity contribution in [2.45, 2.75) is 49.6 Å². The van der Waals surface area contributed by atoms with E-state index in [4.69, 9.17) is 4.74 Å². The first-order valence-corrected chi connectivity index (χ1v) is 16.0. The fourth-order valence-corrected chi connectivity index (χ4v) is 7.10. The van der Waals surface area contributed by atoms with Crippen LogP contribution in [-0.2, 0) is 31.5 Å². The zero-order valence-electron chi connectivity index (χ0n) is 25.5. The number of nitrogens with one attached hydrogen (secondary N) is 4. The Morgan fingerprint density at radius 3 is 2.53 bits per heavy atom. The van der Waals surface area contributed by atoms with Crippen molar-refractivity contribution in [1.29, 1.82) is 0 Å². The van der Waals surface area contributed by atoms with Gasteiger partial charge in [0.05, 0.1) is 16.1 Å². The zero-order valence-corrected chi connectivity index (χ0v) is 26.4. The molecule has 242 valence electrons. The van der Waals surface area contributed by atoms with Crippen molar-refractivity contribution in [2.24, 2.45) is 0 Å². The van der Waals surface area contributed by atoms with Gasteiger partial charge in [0.15, 0.2) is 5.82 Å². The number of rotatable bonds is 10. The van der Waals surface area contributed by atoms with Gasteiger partial charge in [-0.2, -0.15) is 9.40 Å². The van der Waals surface area contributed by atoms with Crippen LogP contribution in [-0.4, -0.2) is 86.1 Å². The lowest BCUT2D eigenvalue weighted by molar-refractivity contribution is -0.124. The number of aromatic nitrogens is 2. The summed E-state index contributed by atoms with van der Waals surface area (Å²) in [5.74, 6) is -2.87. The third-order valence-corrected chi connectivity index (χ3v) is 9.56. The van der Waals surface area contributed by atoms with E-state index in [2.05, 4.69) is 26.1 Å². The summed E-state index contributed by atoms with van der Waals surface area (Å²) in [5.41, 5.74) is 1.36. The van der Waals surface area contributed by atoms with E-state index in [-0.39, 0.29) is 36.1 Å². The van der Waals surface area contributed by atoms with E-state index in [0.29, 0.717) is 42.6 Å². The van der Waals surface area contributed by atoms with Gasteiger partial charge >= 0.3 is 0 Å². The monoisotopic (exact) mass is 645 g/mol. The highest BCUT2D eigenvalue weighted by atomic mass is 32.2. The molecular formula is C30H37F2N7O5S. The number of nitrogens with zero attached hydrogens (tertiary/aromatic N) is 3. The Hall–Kier alpha value is -3.92. The van der Waals surface area contributed by atoms with Gasteiger partial charge in [0, 0.05) is 61.2 Å². The van der Waals surface area contributed by atoms with Crippen molar-refractivity contribution in [3.63, 3.8) is 0 Å². The van der Waals surface area contributed by atoms with Crippen molar-refractivity contribution in [2.75, 3.05) is 56.3 Å². The Balaban J connectivity index is 1.42. The number of benzene rings is 2. The first-order chi connectivity index (χ1) is 21.2. The Bertz CT molecular complexity index is 1680. The Morgan fingerprint density at radius 2 is 1.87 bits per heavy atom. The van der Waals surface area contributed by atoms with E-state index in [1.165, 1.54) is 0 Å². The normalized spacial score (nSPS) is 18.1. The summed E-state index contributed by atoms with van der Waals surface area (Å²) in [6.07, 6.45) is 0.718. The maximum absolute atomic E-state index is 13.9. The van der Waals surface area contributed by atoms with E-state index in [9.17, 15) is 26.8 Å². The molecule has 0 spiro atoms. The molecule has 1 atom stereocenters. The average molecular weight is 646 g/mol. The summed E-state index contributed by atoms with van der Waals surface area (Å²) in [4.78, 5) is 28.1. The molecule has 4 N–H and O–H groups in total. The second kappa shape index (κ2) is 12.8. The molecule has 1 fully saturated rings. The minimum Gasteiger partial charge on any atom is -0.384 e. The molecule has 0 saturated carbocycles. The van der Waals surface area contributed by atoms with Crippen LogP contribution in [0.1, 0.15) is 48.3 Å². The number of hydrogen-bond donors (Lipinski definition) is 4. The molecule has 3 aromatic rings. The second-order valence-electron chi connectivity index (χ2n) is 12.1. The highest BCUT2D eigenvalue weighted by Gasteiger charge is 2.41. The number of carbonyl (C=O) groups is 2. The molecule has 1 aromatic heterocycles. The van der Waals surface area contributed by atoms with Crippen LogP contribution in [0.4, 0.5) is 26.0 Å². The van der Waals surface area contributed by atoms with Crippen LogP contribution in [0, 0.1) is 11.6 Å². The first kappa shape index (κ1) is 32.5. The van der Waals surface area contributed by atoms with Crippen molar-refractivity contribution in [1.82, 2.24) is 19.4 Å². The van der Waals surface area contributed by atoms with Gasteiger partial charge in [-0.25, -0.2) is 17.2 Å². The standard InChI is InChI=1S/C30H37F2N7O5S/c1-30(2)17-39(45(42,43)21-13-18(31)12-19(32)14-21)16-23-26(30)36-37-27(23)35-28(40)22-8-7-20(33-9-10-38(3)4)15-24(22)34-29(41)25-6-5-11-44-25/h7-8,12-15,25,33H,5-6,9-11,16-17H2,1-4H3,(H,34,41)(H2,35,36,37,40)/t25-/m0/s1. The number of fused-ring (bicyclic) bond motifs is 1. The van der Waals surface area contributed by atoms with Crippen LogP contribution in [0.15, 0.2) is 41.3 Å².